The van der Waals surface area contributed by atoms with Crippen LogP contribution in [0.4, 0.5) is 0 Å². The Bertz CT molecular complexity index is 579. The molecule has 0 fully saturated rings. The molecule has 0 aliphatic heterocycles. The number of furan rings is 1. The fourth-order valence-corrected chi connectivity index (χ4v) is 2.29. The molecule has 0 radical (unpaired) electrons. The third kappa shape index (κ3) is 4.00. The maximum Gasteiger partial charge on any atom is 0.137 e. The highest BCUT2D eigenvalue weighted by Gasteiger charge is 2.09. The topological polar surface area (TPSA) is 54.6 Å². The minimum atomic E-state index is 0.0916. The molecule has 2 N–H and O–H groups in total. The number of halogens is 1. The van der Waals surface area contributed by atoms with Crippen molar-refractivity contribution in [2.45, 2.75) is 25.9 Å². The fraction of sp³-hybridized carbons (Fsp3) is 0.375. The van der Waals surface area contributed by atoms with Crippen molar-refractivity contribution in [2.24, 2.45) is 0 Å². The molecule has 2 rings (SSSR count). The quantitative estimate of drug-likeness (QED) is 0.822. The summed E-state index contributed by atoms with van der Waals surface area (Å²) >= 11 is 6.12. The Kier molecular flexibility index (Phi) is 5.67. The fourth-order valence-electron chi connectivity index (χ4n) is 2.03. The van der Waals surface area contributed by atoms with Crippen molar-refractivity contribution in [3.05, 3.63) is 41.1 Å². The van der Waals surface area contributed by atoms with E-state index in [4.69, 9.17) is 25.9 Å². The van der Waals surface area contributed by atoms with Gasteiger partial charge in [-0.2, -0.15) is 0 Å². The summed E-state index contributed by atoms with van der Waals surface area (Å²) in [5, 5.41) is 12.9. The molecule has 1 atom stereocenters. The molecular weight excluding hydrogens is 290 g/mol. The number of rotatable bonds is 7. The molecule has 0 spiro atoms. The van der Waals surface area contributed by atoms with Gasteiger partial charge in [0.2, 0.25) is 0 Å². The summed E-state index contributed by atoms with van der Waals surface area (Å²) in [5.41, 5.74) is 0.904. The smallest absolute Gasteiger partial charge is 0.137 e. The Morgan fingerprint density at radius 2 is 2.14 bits per heavy atom. The first-order valence-corrected chi connectivity index (χ1v) is 7.32. The summed E-state index contributed by atoms with van der Waals surface area (Å²) < 4.78 is 10.9. The van der Waals surface area contributed by atoms with Gasteiger partial charge in [-0.15, -0.1) is 0 Å². The van der Waals surface area contributed by atoms with Crippen molar-refractivity contribution in [3.63, 3.8) is 0 Å². The van der Waals surface area contributed by atoms with E-state index in [-0.39, 0.29) is 12.6 Å². The van der Waals surface area contributed by atoms with E-state index in [2.05, 4.69) is 5.32 Å². The second-order valence-electron chi connectivity index (χ2n) is 4.78. The van der Waals surface area contributed by atoms with Crippen LogP contribution in [0.3, 0.4) is 0 Å². The summed E-state index contributed by atoms with van der Waals surface area (Å²) in [4.78, 5) is 0. The molecule has 0 saturated heterocycles. The maximum absolute atomic E-state index is 9.15. The number of nitrogens with one attached hydrogen (secondary N) is 1. The second-order valence-corrected chi connectivity index (χ2v) is 5.19. The van der Waals surface area contributed by atoms with Gasteiger partial charge in [-0.25, -0.2) is 0 Å². The van der Waals surface area contributed by atoms with Crippen LogP contribution in [-0.2, 0) is 6.54 Å². The van der Waals surface area contributed by atoms with Crippen LogP contribution in [-0.4, -0.2) is 24.9 Å². The van der Waals surface area contributed by atoms with Crippen LogP contribution < -0.4 is 10.1 Å². The zero-order valence-electron chi connectivity index (χ0n) is 12.2. The highest BCUT2D eigenvalue weighted by Crippen LogP contribution is 2.31. The van der Waals surface area contributed by atoms with Crippen molar-refractivity contribution in [2.75, 3.05) is 13.7 Å². The lowest BCUT2D eigenvalue weighted by Gasteiger charge is -2.12. The molecular formula is C16H20ClNO3. The van der Waals surface area contributed by atoms with Gasteiger partial charge in [0.1, 0.15) is 17.3 Å². The van der Waals surface area contributed by atoms with E-state index in [0.717, 1.165) is 23.5 Å². The van der Waals surface area contributed by atoms with E-state index < -0.39 is 0 Å². The minimum Gasteiger partial charge on any atom is -0.495 e. The third-order valence-corrected chi connectivity index (χ3v) is 3.67. The SMILES string of the molecule is CC[C@@H](CO)NCc1ccc(-c2ccc(OC)c(Cl)c2)o1. The van der Waals surface area contributed by atoms with Gasteiger partial charge in [-0.05, 0) is 36.8 Å². The number of hydrogen-bond acceptors (Lipinski definition) is 4. The van der Waals surface area contributed by atoms with Crippen LogP contribution in [0.1, 0.15) is 19.1 Å². The van der Waals surface area contributed by atoms with Crippen molar-refractivity contribution in [1.29, 1.82) is 0 Å². The van der Waals surface area contributed by atoms with Crippen molar-refractivity contribution < 1.29 is 14.3 Å². The van der Waals surface area contributed by atoms with Crippen molar-refractivity contribution >= 4 is 11.6 Å². The number of methoxy groups -OCH3 is 1. The first kappa shape index (κ1) is 15.9. The van der Waals surface area contributed by atoms with Gasteiger partial charge in [0.15, 0.2) is 0 Å². The molecule has 1 heterocycles. The zero-order chi connectivity index (χ0) is 15.2. The molecule has 4 nitrogen and oxygen atoms in total. The largest absolute Gasteiger partial charge is 0.495 e. The Hall–Kier alpha value is -1.49. The van der Waals surface area contributed by atoms with Crippen molar-refractivity contribution in [1.82, 2.24) is 5.32 Å². The average molecular weight is 310 g/mol. The van der Waals surface area contributed by atoms with Crippen LogP contribution >= 0.6 is 11.6 Å². The molecule has 0 aliphatic carbocycles. The zero-order valence-corrected chi connectivity index (χ0v) is 13.0. The summed E-state index contributed by atoms with van der Waals surface area (Å²) in [6, 6.07) is 9.47. The van der Waals surface area contributed by atoms with Gasteiger partial charge in [0, 0.05) is 11.6 Å². The molecule has 0 bridgehead atoms. The predicted molar refractivity (Wildman–Crippen MR) is 83.7 cm³/mol. The number of hydrogen-bond donors (Lipinski definition) is 2. The highest BCUT2D eigenvalue weighted by atomic mass is 35.5. The van der Waals surface area contributed by atoms with E-state index in [1.54, 1.807) is 7.11 Å². The normalized spacial score (nSPS) is 12.4. The van der Waals surface area contributed by atoms with Crippen LogP contribution in [0.5, 0.6) is 5.75 Å². The molecule has 1 aromatic carbocycles. The van der Waals surface area contributed by atoms with Gasteiger partial charge in [0.25, 0.3) is 0 Å². The lowest BCUT2D eigenvalue weighted by atomic mass is 10.2. The summed E-state index contributed by atoms with van der Waals surface area (Å²) in [5.74, 6) is 2.22. The first-order valence-electron chi connectivity index (χ1n) is 6.94. The second kappa shape index (κ2) is 7.50. The highest BCUT2D eigenvalue weighted by molar-refractivity contribution is 6.32. The molecule has 2 aromatic rings. The first-order chi connectivity index (χ1) is 10.2. The van der Waals surface area contributed by atoms with Gasteiger partial charge in [0.05, 0.1) is 25.3 Å². The molecule has 5 heteroatoms. The third-order valence-electron chi connectivity index (χ3n) is 3.38. The lowest BCUT2D eigenvalue weighted by Crippen LogP contribution is -2.30. The number of aliphatic hydroxyl groups is 1. The Morgan fingerprint density at radius 3 is 2.76 bits per heavy atom. The molecule has 21 heavy (non-hydrogen) atoms. The molecule has 1 aromatic heterocycles. The standard InChI is InChI=1S/C16H20ClNO3/c1-3-12(10-19)18-9-13-5-7-15(21-13)11-4-6-16(20-2)14(17)8-11/h4-8,12,18-19H,3,9-10H2,1-2H3/t12-/m0/s1. The predicted octanol–water partition coefficient (Wildman–Crippen LogP) is 3.47. The number of aliphatic hydroxyl groups excluding tert-OH is 1. The minimum absolute atomic E-state index is 0.0916. The maximum atomic E-state index is 9.15. The molecule has 114 valence electrons. The Labute approximate surface area is 129 Å². The monoisotopic (exact) mass is 309 g/mol. The van der Waals surface area contributed by atoms with E-state index in [0.29, 0.717) is 17.3 Å². The van der Waals surface area contributed by atoms with Gasteiger partial charge >= 0.3 is 0 Å². The summed E-state index contributed by atoms with van der Waals surface area (Å²) in [7, 11) is 1.59. The van der Waals surface area contributed by atoms with E-state index in [1.807, 2.05) is 37.3 Å². The molecule has 0 saturated carbocycles. The van der Waals surface area contributed by atoms with Gasteiger partial charge < -0.3 is 19.6 Å². The summed E-state index contributed by atoms with van der Waals surface area (Å²) in [6.45, 7) is 2.74. The van der Waals surface area contributed by atoms with Crippen LogP contribution in [0, 0.1) is 0 Å². The van der Waals surface area contributed by atoms with Gasteiger partial charge in [-0.3, -0.25) is 0 Å². The van der Waals surface area contributed by atoms with Crippen LogP contribution in [0.15, 0.2) is 34.7 Å². The number of benzene rings is 1. The van der Waals surface area contributed by atoms with E-state index >= 15 is 0 Å². The number of ether oxygens (including phenoxy) is 1. The molecule has 0 unspecified atom stereocenters. The van der Waals surface area contributed by atoms with Gasteiger partial charge in [-0.1, -0.05) is 18.5 Å². The van der Waals surface area contributed by atoms with Crippen molar-refractivity contribution in [3.8, 4) is 17.1 Å². The molecule has 0 amide bonds. The Morgan fingerprint density at radius 1 is 1.33 bits per heavy atom. The lowest BCUT2D eigenvalue weighted by molar-refractivity contribution is 0.235. The van der Waals surface area contributed by atoms with Crippen LogP contribution in [0.25, 0.3) is 11.3 Å². The van der Waals surface area contributed by atoms with E-state index in [1.165, 1.54) is 0 Å². The van der Waals surface area contributed by atoms with E-state index in [9.17, 15) is 0 Å². The molecule has 0 aliphatic rings. The Balaban J connectivity index is 2.07. The average Bonchev–Trinajstić information content (AvgIpc) is 2.97. The van der Waals surface area contributed by atoms with Crippen LogP contribution in [0.2, 0.25) is 5.02 Å². The summed E-state index contributed by atoms with van der Waals surface area (Å²) in [6.07, 6.45) is 0.873.